The van der Waals surface area contributed by atoms with Gasteiger partial charge in [0.15, 0.2) is 5.96 Å². The van der Waals surface area contributed by atoms with Crippen molar-refractivity contribution >= 4 is 21.9 Å². The van der Waals surface area contributed by atoms with Crippen LogP contribution < -0.4 is 11.1 Å². The van der Waals surface area contributed by atoms with E-state index in [1.165, 1.54) is 5.56 Å². The van der Waals surface area contributed by atoms with Gasteiger partial charge in [-0.05, 0) is 51.3 Å². The van der Waals surface area contributed by atoms with Gasteiger partial charge in [-0.2, -0.15) is 0 Å². The van der Waals surface area contributed by atoms with E-state index in [2.05, 4.69) is 71.3 Å². The summed E-state index contributed by atoms with van der Waals surface area (Å²) in [4.78, 5) is 4.62. The van der Waals surface area contributed by atoms with Crippen LogP contribution in [-0.4, -0.2) is 31.3 Å². The average molecular weight is 368 g/mol. The number of hydrogen-bond donors (Lipinski definition) is 2. The first-order valence-electron chi connectivity index (χ1n) is 7.73. The first kappa shape index (κ1) is 17.3. The van der Waals surface area contributed by atoms with Gasteiger partial charge >= 0.3 is 0 Å². The highest BCUT2D eigenvalue weighted by Gasteiger charge is 2.34. The van der Waals surface area contributed by atoms with E-state index in [1.807, 2.05) is 0 Å². The normalized spacial score (nSPS) is 19.0. The first-order chi connectivity index (χ1) is 10.3. The number of rotatable bonds is 3. The Hall–Kier alpha value is -1.07. The van der Waals surface area contributed by atoms with Crippen LogP contribution in [0.5, 0.6) is 0 Å². The summed E-state index contributed by atoms with van der Waals surface area (Å²) < 4.78 is 6.65. The molecule has 1 heterocycles. The van der Waals surface area contributed by atoms with E-state index in [0.29, 0.717) is 12.5 Å². The molecule has 5 heteroatoms. The zero-order valence-electron chi connectivity index (χ0n) is 13.7. The molecule has 0 aliphatic carbocycles. The molecule has 2 rings (SSSR count). The van der Waals surface area contributed by atoms with E-state index in [0.717, 1.165) is 30.5 Å². The third-order valence-electron chi connectivity index (χ3n) is 3.96. The molecule has 0 saturated carbocycles. The van der Waals surface area contributed by atoms with Crippen LogP contribution in [0.1, 0.15) is 39.2 Å². The standard InChI is InChI=1S/C17H26BrN3O/c1-16(2,3)21-15(19)20-12-17(8-10-22-11-9-17)13-4-6-14(18)7-5-13/h4-7H,8-12H2,1-3H3,(H3,19,20,21). The van der Waals surface area contributed by atoms with Crippen LogP contribution in [0.3, 0.4) is 0 Å². The molecule has 1 saturated heterocycles. The van der Waals surface area contributed by atoms with Crippen LogP contribution in [-0.2, 0) is 10.2 Å². The second kappa shape index (κ2) is 7.01. The fourth-order valence-electron chi connectivity index (χ4n) is 2.76. The maximum atomic E-state index is 6.04. The molecule has 1 fully saturated rings. The van der Waals surface area contributed by atoms with E-state index in [4.69, 9.17) is 10.5 Å². The number of hydrogen-bond acceptors (Lipinski definition) is 2. The molecule has 0 amide bonds. The molecule has 1 aliphatic heterocycles. The van der Waals surface area contributed by atoms with Gasteiger partial charge in [-0.15, -0.1) is 0 Å². The maximum Gasteiger partial charge on any atom is 0.189 e. The van der Waals surface area contributed by atoms with Crippen LogP contribution in [0, 0.1) is 0 Å². The molecular weight excluding hydrogens is 342 g/mol. The lowest BCUT2D eigenvalue weighted by Gasteiger charge is -2.36. The minimum Gasteiger partial charge on any atom is -0.381 e. The number of benzene rings is 1. The van der Waals surface area contributed by atoms with Gasteiger partial charge in [0.2, 0.25) is 0 Å². The Bertz CT molecular complexity index is 514. The van der Waals surface area contributed by atoms with Gasteiger partial charge < -0.3 is 15.8 Å². The van der Waals surface area contributed by atoms with Crippen molar-refractivity contribution in [3.8, 4) is 0 Å². The van der Waals surface area contributed by atoms with Gasteiger partial charge in [0, 0.05) is 28.6 Å². The lowest BCUT2D eigenvalue weighted by Crippen LogP contribution is -2.46. The highest BCUT2D eigenvalue weighted by atomic mass is 79.9. The van der Waals surface area contributed by atoms with Crippen molar-refractivity contribution in [1.29, 1.82) is 0 Å². The quantitative estimate of drug-likeness (QED) is 0.636. The van der Waals surface area contributed by atoms with Gasteiger partial charge in [0.05, 0.1) is 6.54 Å². The number of ether oxygens (including phenoxy) is 1. The van der Waals surface area contributed by atoms with Crippen LogP contribution >= 0.6 is 15.9 Å². The minimum atomic E-state index is -0.0754. The highest BCUT2D eigenvalue weighted by Crippen LogP contribution is 2.35. The summed E-state index contributed by atoms with van der Waals surface area (Å²) in [5.41, 5.74) is 7.29. The highest BCUT2D eigenvalue weighted by molar-refractivity contribution is 9.10. The average Bonchev–Trinajstić information content (AvgIpc) is 2.45. The number of nitrogens with zero attached hydrogens (tertiary/aromatic N) is 1. The second-order valence-electron chi connectivity index (χ2n) is 6.98. The third kappa shape index (κ3) is 4.71. The van der Waals surface area contributed by atoms with Gasteiger partial charge in [0.25, 0.3) is 0 Å². The third-order valence-corrected chi connectivity index (χ3v) is 4.49. The molecule has 1 aromatic rings. The summed E-state index contributed by atoms with van der Waals surface area (Å²) in [6, 6.07) is 8.54. The van der Waals surface area contributed by atoms with Gasteiger partial charge in [0.1, 0.15) is 0 Å². The van der Waals surface area contributed by atoms with E-state index in [9.17, 15) is 0 Å². The fourth-order valence-corrected chi connectivity index (χ4v) is 3.03. The summed E-state index contributed by atoms with van der Waals surface area (Å²) >= 11 is 3.50. The Labute approximate surface area is 141 Å². The van der Waals surface area contributed by atoms with Crippen LogP contribution in [0.4, 0.5) is 0 Å². The molecule has 0 radical (unpaired) electrons. The van der Waals surface area contributed by atoms with Crippen molar-refractivity contribution in [3.63, 3.8) is 0 Å². The van der Waals surface area contributed by atoms with Crippen molar-refractivity contribution in [2.75, 3.05) is 19.8 Å². The molecule has 1 aromatic carbocycles. The van der Waals surface area contributed by atoms with Gasteiger partial charge in [-0.25, -0.2) is 0 Å². The molecule has 0 aromatic heterocycles. The Morgan fingerprint density at radius 3 is 2.41 bits per heavy atom. The molecule has 3 N–H and O–H groups in total. The van der Waals surface area contributed by atoms with Gasteiger partial charge in [-0.3, -0.25) is 4.99 Å². The Balaban J connectivity index is 2.19. The SMILES string of the molecule is CC(C)(C)NC(N)=NCC1(c2ccc(Br)cc2)CCOCC1. The lowest BCUT2D eigenvalue weighted by molar-refractivity contribution is 0.0531. The van der Waals surface area contributed by atoms with E-state index >= 15 is 0 Å². The molecule has 22 heavy (non-hydrogen) atoms. The zero-order valence-corrected chi connectivity index (χ0v) is 15.2. The summed E-state index contributed by atoms with van der Waals surface area (Å²) in [6.07, 6.45) is 1.95. The van der Waals surface area contributed by atoms with Crippen molar-refractivity contribution < 1.29 is 4.74 Å². The number of nitrogens with one attached hydrogen (secondary N) is 1. The molecule has 1 aliphatic rings. The van der Waals surface area contributed by atoms with E-state index in [-0.39, 0.29) is 11.0 Å². The molecule has 4 nitrogen and oxygen atoms in total. The summed E-state index contributed by atoms with van der Waals surface area (Å²) in [6.45, 7) is 8.47. The fraction of sp³-hybridized carbons (Fsp3) is 0.588. The number of halogens is 1. The predicted molar refractivity (Wildman–Crippen MR) is 95.3 cm³/mol. The van der Waals surface area contributed by atoms with Crippen molar-refractivity contribution in [3.05, 3.63) is 34.3 Å². The molecule has 122 valence electrons. The number of nitrogens with two attached hydrogens (primary N) is 1. The molecule has 0 unspecified atom stereocenters. The molecular formula is C17H26BrN3O. The van der Waals surface area contributed by atoms with Crippen molar-refractivity contribution in [2.45, 2.75) is 44.6 Å². The smallest absolute Gasteiger partial charge is 0.189 e. The molecule has 0 bridgehead atoms. The van der Waals surface area contributed by atoms with Crippen LogP contribution in [0.2, 0.25) is 0 Å². The topological polar surface area (TPSA) is 59.6 Å². The largest absolute Gasteiger partial charge is 0.381 e. The number of aliphatic imine (C=N–C) groups is 1. The second-order valence-corrected chi connectivity index (χ2v) is 7.89. The molecule has 0 atom stereocenters. The first-order valence-corrected chi connectivity index (χ1v) is 8.52. The van der Waals surface area contributed by atoms with Crippen LogP contribution in [0.15, 0.2) is 33.7 Å². The monoisotopic (exact) mass is 367 g/mol. The van der Waals surface area contributed by atoms with Crippen LogP contribution in [0.25, 0.3) is 0 Å². The maximum absolute atomic E-state index is 6.04. The number of guanidine groups is 1. The summed E-state index contributed by atoms with van der Waals surface area (Å²) in [5.74, 6) is 0.510. The lowest BCUT2D eigenvalue weighted by atomic mass is 9.74. The van der Waals surface area contributed by atoms with Gasteiger partial charge in [-0.1, -0.05) is 28.1 Å². The predicted octanol–water partition coefficient (Wildman–Crippen LogP) is 3.20. The molecule has 0 spiro atoms. The van der Waals surface area contributed by atoms with E-state index < -0.39 is 0 Å². The Morgan fingerprint density at radius 2 is 1.86 bits per heavy atom. The van der Waals surface area contributed by atoms with Crippen molar-refractivity contribution in [2.24, 2.45) is 10.7 Å². The van der Waals surface area contributed by atoms with E-state index in [1.54, 1.807) is 0 Å². The minimum absolute atomic E-state index is 0.0170. The summed E-state index contributed by atoms with van der Waals surface area (Å²) in [5, 5.41) is 3.23. The Morgan fingerprint density at radius 1 is 1.27 bits per heavy atom. The van der Waals surface area contributed by atoms with Crippen molar-refractivity contribution in [1.82, 2.24) is 5.32 Å². The zero-order chi connectivity index (χ0) is 16.2. The summed E-state index contributed by atoms with van der Waals surface area (Å²) in [7, 11) is 0. The Kier molecular flexibility index (Phi) is 5.50.